The number of aryl methyl sites for hydroxylation is 1. The van der Waals surface area contributed by atoms with E-state index >= 15 is 0 Å². The van der Waals surface area contributed by atoms with Crippen LogP contribution in [0.3, 0.4) is 0 Å². The summed E-state index contributed by atoms with van der Waals surface area (Å²) in [6.45, 7) is 3.62. The van der Waals surface area contributed by atoms with Gasteiger partial charge in [0, 0.05) is 0 Å². The predicted molar refractivity (Wildman–Crippen MR) is 76.6 cm³/mol. The molecule has 1 aromatic carbocycles. The molecular formula is C16H17NO4. The largest absolute Gasteiger partial charge is 0.467 e. The molecule has 2 aromatic rings. The summed E-state index contributed by atoms with van der Waals surface area (Å²) in [5.41, 5.74) is 1.27. The van der Waals surface area contributed by atoms with Crippen molar-refractivity contribution < 1.29 is 18.7 Å². The number of carbonyl (C=O) groups excluding carboxylic acids is 2. The Morgan fingerprint density at radius 3 is 2.67 bits per heavy atom. The topological polar surface area (TPSA) is 68.5 Å². The van der Waals surface area contributed by atoms with E-state index in [0.29, 0.717) is 11.3 Å². The summed E-state index contributed by atoms with van der Waals surface area (Å²) in [5, 5.41) is 2.65. The van der Waals surface area contributed by atoms with Crippen molar-refractivity contribution in [1.82, 2.24) is 5.32 Å². The van der Waals surface area contributed by atoms with E-state index in [1.165, 1.54) is 13.2 Å². The van der Waals surface area contributed by atoms with E-state index in [1.807, 2.05) is 19.1 Å². The number of nitrogens with one attached hydrogen (secondary N) is 1. The van der Waals surface area contributed by atoms with Crippen LogP contribution in [0, 0.1) is 6.92 Å². The molecule has 21 heavy (non-hydrogen) atoms. The third kappa shape index (κ3) is 3.95. The average Bonchev–Trinajstić information content (AvgIpc) is 2.98. The highest BCUT2D eigenvalue weighted by atomic mass is 16.5. The Labute approximate surface area is 122 Å². The van der Waals surface area contributed by atoms with Gasteiger partial charge in [-0.2, -0.15) is 0 Å². The van der Waals surface area contributed by atoms with E-state index in [2.05, 4.69) is 5.32 Å². The smallest absolute Gasteiger partial charge is 0.339 e. The lowest BCUT2D eigenvalue weighted by Crippen LogP contribution is -2.35. The van der Waals surface area contributed by atoms with Gasteiger partial charge in [-0.25, -0.2) is 4.79 Å². The van der Waals surface area contributed by atoms with Crippen molar-refractivity contribution in [3.05, 3.63) is 59.5 Å². The third-order valence-corrected chi connectivity index (χ3v) is 3.03. The predicted octanol–water partition coefficient (Wildman–Crippen LogP) is 2.45. The lowest BCUT2D eigenvalue weighted by Gasteiger charge is -2.13. The van der Waals surface area contributed by atoms with Crippen LogP contribution in [-0.4, -0.2) is 18.0 Å². The van der Waals surface area contributed by atoms with E-state index in [-0.39, 0.29) is 12.5 Å². The van der Waals surface area contributed by atoms with Crippen LogP contribution in [0.5, 0.6) is 0 Å². The molecule has 1 amide bonds. The first-order chi connectivity index (χ1) is 10.1. The van der Waals surface area contributed by atoms with Crippen LogP contribution in [0.15, 0.2) is 47.1 Å². The highest BCUT2D eigenvalue weighted by Gasteiger charge is 2.19. The molecule has 0 unspecified atom stereocenters. The molecule has 0 saturated heterocycles. The fraction of sp³-hybridized carbons (Fsp3) is 0.250. The van der Waals surface area contributed by atoms with Crippen molar-refractivity contribution >= 4 is 11.9 Å². The molecule has 0 aliphatic heterocycles. The Morgan fingerprint density at radius 2 is 2.00 bits per heavy atom. The SMILES string of the molecule is Cc1ccccc1C(=O)O[C@H](C)C(=O)NCc1ccco1. The van der Waals surface area contributed by atoms with Crippen molar-refractivity contribution in [1.29, 1.82) is 0 Å². The van der Waals surface area contributed by atoms with Gasteiger partial charge in [-0.3, -0.25) is 4.79 Å². The summed E-state index contributed by atoms with van der Waals surface area (Å²) < 4.78 is 10.3. The van der Waals surface area contributed by atoms with Gasteiger partial charge < -0.3 is 14.5 Å². The lowest BCUT2D eigenvalue weighted by molar-refractivity contribution is -0.129. The molecule has 2 rings (SSSR count). The van der Waals surface area contributed by atoms with Gasteiger partial charge in [0.1, 0.15) is 5.76 Å². The maximum Gasteiger partial charge on any atom is 0.339 e. The standard InChI is InChI=1S/C16H17NO4/c1-11-6-3-4-8-14(11)16(19)21-12(2)15(18)17-10-13-7-5-9-20-13/h3-9,12H,10H2,1-2H3,(H,17,18)/t12-/m1/s1. The van der Waals surface area contributed by atoms with Crippen LogP contribution >= 0.6 is 0 Å². The van der Waals surface area contributed by atoms with Crippen LogP contribution in [-0.2, 0) is 16.1 Å². The van der Waals surface area contributed by atoms with Gasteiger partial charge in [0.25, 0.3) is 5.91 Å². The van der Waals surface area contributed by atoms with Crippen LogP contribution in [0.2, 0.25) is 0 Å². The number of carbonyl (C=O) groups is 2. The summed E-state index contributed by atoms with van der Waals surface area (Å²) >= 11 is 0. The Hall–Kier alpha value is -2.56. The Bertz CT molecular complexity index is 619. The second-order valence-electron chi connectivity index (χ2n) is 4.66. The molecule has 0 bridgehead atoms. The van der Waals surface area contributed by atoms with Crippen LogP contribution in [0.25, 0.3) is 0 Å². The molecule has 5 heteroatoms. The fourth-order valence-corrected chi connectivity index (χ4v) is 1.81. The van der Waals surface area contributed by atoms with E-state index < -0.39 is 12.1 Å². The third-order valence-electron chi connectivity index (χ3n) is 3.03. The summed E-state index contributed by atoms with van der Waals surface area (Å²) in [6, 6.07) is 10.6. The number of esters is 1. The molecule has 5 nitrogen and oxygen atoms in total. The van der Waals surface area contributed by atoms with Gasteiger partial charge in [0.05, 0.1) is 18.4 Å². The first-order valence-corrected chi connectivity index (χ1v) is 6.64. The minimum atomic E-state index is -0.868. The summed E-state index contributed by atoms with van der Waals surface area (Å²) in [5.74, 6) is -0.233. The zero-order valence-corrected chi connectivity index (χ0v) is 12.0. The van der Waals surface area contributed by atoms with E-state index in [0.717, 1.165) is 5.56 Å². The Kier molecular flexibility index (Phi) is 4.77. The molecule has 0 spiro atoms. The van der Waals surface area contributed by atoms with Crippen molar-refractivity contribution in [2.75, 3.05) is 0 Å². The van der Waals surface area contributed by atoms with E-state index in [1.54, 1.807) is 24.3 Å². The van der Waals surface area contributed by atoms with E-state index in [9.17, 15) is 9.59 Å². The molecule has 1 N–H and O–H groups in total. The fourth-order valence-electron chi connectivity index (χ4n) is 1.81. The molecule has 0 aliphatic carbocycles. The van der Waals surface area contributed by atoms with Crippen LogP contribution < -0.4 is 5.32 Å². The van der Waals surface area contributed by atoms with Gasteiger partial charge in [-0.05, 0) is 37.6 Å². The highest BCUT2D eigenvalue weighted by Crippen LogP contribution is 2.10. The summed E-state index contributed by atoms with van der Waals surface area (Å²) in [7, 11) is 0. The Morgan fingerprint density at radius 1 is 1.24 bits per heavy atom. The number of hydrogen-bond acceptors (Lipinski definition) is 4. The van der Waals surface area contributed by atoms with Gasteiger partial charge in [-0.15, -0.1) is 0 Å². The molecule has 0 radical (unpaired) electrons. The van der Waals surface area contributed by atoms with Gasteiger partial charge >= 0.3 is 5.97 Å². The molecule has 110 valence electrons. The van der Waals surface area contributed by atoms with Crippen molar-refractivity contribution in [2.24, 2.45) is 0 Å². The minimum absolute atomic E-state index is 0.262. The normalized spacial score (nSPS) is 11.7. The molecule has 0 fully saturated rings. The second-order valence-corrected chi connectivity index (χ2v) is 4.66. The molecule has 1 atom stereocenters. The molecule has 1 aromatic heterocycles. The maximum absolute atomic E-state index is 12.0. The highest BCUT2D eigenvalue weighted by molar-refractivity contribution is 5.93. The maximum atomic E-state index is 12.0. The second kappa shape index (κ2) is 6.74. The Balaban J connectivity index is 1.88. The summed E-state index contributed by atoms with van der Waals surface area (Å²) in [4.78, 5) is 23.9. The van der Waals surface area contributed by atoms with Crippen molar-refractivity contribution in [3.63, 3.8) is 0 Å². The van der Waals surface area contributed by atoms with Crippen molar-refractivity contribution in [3.8, 4) is 0 Å². The number of benzene rings is 1. The zero-order valence-electron chi connectivity index (χ0n) is 12.0. The number of amides is 1. The monoisotopic (exact) mass is 287 g/mol. The van der Waals surface area contributed by atoms with Crippen molar-refractivity contribution in [2.45, 2.75) is 26.5 Å². The number of ether oxygens (including phenoxy) is 1. The molecular weight excluding hydrogens is 270 g/mol. The van der Waals surface area contributed by atoms with Crippen LogP contribution in [0.1, 0.15) is 28.6 Å². The van der Waals surface area contributed by atoms with Gasteiger partial charge in [-0.1, -0.05) is 18.2 Å². The van der Waals surface area contributed by atoms with Gasteiger partial charge in [0.15, 0.2) is 6.10 Å². The molecule has 0 saturated carbocycles. The quantitative estimate of drug-likeness (QED) is 0.858. The number of hydrogen-bond donors (Lipinski definition) is 1. The first kappa shape index (κ1) is 14.8. The average molecular weight is 287 g/mol. The van der Waals surface area contributed by atoms with E-state index in [4.69, 9.17) is 9.15 Å². The molecule has 1 heterocycles. The minimum Gasteiger partial charge on any atom is -0.467 e. The lowest BCUT2D eigenvalue weighted by atomic mass is 10.1. The van der Waals surface area contributed by atoms with Gasteiger partial charge in [0.2, 0.25) is 0 Å². The summed E-state index contributed by atoms with van der Waals surface area (Å²) in [6.07, 6.45) is 0.662. The molecule has 0 aliphatic rings. The number of furan rings is 1. The number of rotatable bonds is 5. The zero-order chi connectivity index (χ0) is 15.2. The van der Waals surface area contributed by atoms with Crippen LogP contribution in [0.4, 0.5) is 0 Å². The first-order valence-electron chi connectivity index (χ1n) is 6.64.